The molecule has 5 nitrogen and oxygen atoms in total. The van der Waals surface area contributed by atoms with Gasteiger partial charge < -0.3 is 9.64 Å². The van der Waals surface area contributed by atoms with Crippen molar-refractivity contribution in [3.05, 3.63) is 47.8 Å². The van der Waals surface area contributed by atoms with Crippen molar-refractivity contribution >= 4 is 5.91 Å². The van der Waals surface area contributed by atoms with E-state index in [0.29, 0.717) is 25.1 Å². The first-order chi connectivity index (χ1) is 11.5. The van der Waals surface area contributed by atoms with Gasteiger partial charge in [-0.2, -0.15) is 5.10 Å². The highest BCUT2D eigenvalue weighted by molar-refractivity contribution is 5.93. The molecule has 2 aromatic rings. The van der Waals surface area contributed by atoms with Gasteiger partial charge in [-0.15, -0.1) is 0 Å². The molecule has 128 valence electrons. The first-order valence-corrected chi connectivity index (χ1v) is 7.79. The molecule has 1 amide bonds. The summed E-state index contributed by atoms with van der Waals surface area (Å²) in [6.07, 6.45) is 3.18. The van der Waals surface area contributed by atoms with Gasteiger partial charge in [-0.1, -0.05) is 12.1 Å². The minimum absolute atomic E-state index is 0.159. The lowest BCUT2D eigenvalue weighted by molar-refractivity contribution is -0.0560. The number of carbonyl (C=O) groups excluding carboxylic acids is 1. The highest BCUT2D eigenvalue weighted by Gasteiger charge is 2.37. The number of ether oxygens (including phenoxy) is 1. The molecule has 0 spiro atoms. The maximum Gasteiger partial charge on any atom is 0.265 e. The summed E-state index contributed by atoms with van der Waals surface area (Å²) in [6, 6.07) is 7.52. The van der Waals surface area contributed by atoms with Gasteiger partial charge in [0, 0.05) is 19.2 Å². The number of alkyl halides is 2. The molecule has 24 heavy (non-hydrogen) atoms. The number of likely N-dealkylation sites (tertiary alicyclic amines) is 1. The Balaban J connectivity index is 1.67. The Morgan fingerprint density at radius 3 is 2.75 bits per heavy atom. The summed E-state index contributed by atoms with van der Waals surface area (Å²) in [4.78, 5) is 13.6. The number of hydrogen-bond acceptors (Lipinski definition) is 3. The van der Waals surface area contributed by atoms with Gasteiger partial charge in [-0.25, -0.2) is 8.78 Å². The van der Waals surface area contributed by atoms with Crippen LogP contribution in [0.1, 0.15) is 28.8 Å². The monoisotopic (exact) mass is 335 g/mol. The molecule has 1 aromatic carbocycles. The molecule has 2 heterocycles. The molecule has 0 aliphatic carbocycles. The van der Waals surface area contributed by atoms with Gasteiger partial charge in [0.15, 0.2) is 0 Å². The minimum Gasteiger partial charge on any atom is -0.497 e. The molecule has 1 aliphatic heterocycles. The zero-order valence-corrected chi connectivity index (χ0v) is 13.4. The van der Waals surface area contributed by atoms with Crippen molar-refractivity contribution in [2.75, 3.05) is 20.2 Å². The molecule has 1 aliphatic rings. The van der Waals surface area contributed by atoms with Crippen LogP contribution < -0.4 is 4.74 Å². The van der Waals surface area contributed by atoms with Crippen molar-refractivity contribution in [1.82, 2.24) is 14.7 Å². The van der Waals surface area contributed by atoms with Crippen molar-refractivity contribution < 1.29 is 18.3 Å². The van der Waals surface area contributed by atoms with Crippen LogP contribution in [0.2, 0.25) is 0 Å². The molecular weight excluding hydrogens is 316 g/mol. The Morgan fingerprint density at radius 2 is 2.08 bits per heavy atom. The summed E-state index contributed by atoms with van der Waals surface area (Å²) in [7, 11) is 1.60. The van der Waals surface area contributed by atoms with E-state index in [-0.39, 0.29) is 6.42 Å². The van der Waals surface area contributed by atoms with Crippen molar-refractivity contribution in [1.29, 1.82) is 0 Å². The Morgan fingerprint density at radius 1 is 1.33 bits per heavy atom. The number of aromatic nitrogens is 2. The average Bonchev–Trinajstić information content (AvgIpc) is 3.02. The van der Waals surface area contributed by atoms with Crippen molar-refractivity contribution in [2.24, 2.45) is 0 Å². The second-order valence-electron chi connectivity index (χ2n) is 5.96. The molecule has 0 saturated carbocycles. The Labute approximate surface area is 138 Å². The van der Waals surface area contributed by atoms with E-state index in [4.69, 9.17) is 4.74 Å². The molecule has 0 atom stereocenters. The maximum absolute atomic E-state index is 13.5. The summed E-state index contributed by atoms with van der Waals surface area (Å²) in [6.45, 7) is 0.334. The van der Waals surface area contributed by atoms with Crippen LogP contribution in [0.3, 0.4) is 0 Å². The van der Waals surface area contributed by atoms with Crippen molar-refractivity contribution in [3.63, 3.8) is 0 Å². The molecule has 1 fully saturated rings. The normalized spacial score (nSPS) is 16.9. The summed E-state index contributed by atoms with van der Waals surface area (Å²) in [5.74, 6) is -2.43. The van der Waals surface area contributed by atoms with Crippen LogP contribution in [0.15, 0.2) is 36.7 Å². The van der Waals surface area contributed by atoms with E-state index in [1.807, 2.05) is 24.3 Å². The van der Waals surface area contributed by atoms with Crippen molar-refractivity contribution in [3.8, 4) is 5.75 Å². The molecule has 1 saturated heterocycles. The Kier molecular flexibility index (Phi) is 4.51. The highest BCUT2D eigenvalue weighted by atomic mass is 19.3. The second kappa shape index (κ2) is 6.59. The fraction of sp³-hybridized carbons (Fsp3) is 0.412. The van der Waals surface area contributed by atoms with Gasteiger partial charge in [0.2, 0.25) is 0 Å². The number of carbonyl (C=O) groups is 1. The lowest BCUT2D eigenvalue weighted by atomic mass is 10.1. The molecule has 0 unspecified atom stereocenters. The number of benzene rings is 1. The minimum atomic E-state index is -2.80. The molecule has 0 N–H and O–H groups in total. The van der Waals surface area contributed by atoms with E-state index < -0.39 is 18.4 Å². The number of hydrogen-bond donors (Lipinski definition) is 0. The summed E-state index contributed by atoms with van der Waals surface area (Å²) >= 11 is 0. The van der Waals surface area contributed by atoms with E-state index in [2.05, 4.69) is 5.10 Å². The summed E-state index contributed by atoms with van der Waals surface area (Å²) in [5.41, 5.74) is 1.34. The van der Waals surface area contributed by atoms with E-state index >= 15 is 0 Å². The largest absolute Gasteiger partial charge is 0.497 e. The molecule has 0 bridgehead atoms. The van der Waals surface area contributed by atoms with E-state index in [9.17, 15) is 13.6 Å². The second-order valence-corrected chi connectivity index (χ2v) is 5.96. The molecule has 0 radical (unpaired) electrons. The van der Waals surface area contributed by atoms with Crippen molar-refractivity contribution in [2.45, 2.75) is 25.3 Å². The predicted molar refractivity (Wildman–Crippen MR) is 84.4 cm³/mol. The van der Waals surface area contributed by atoms with E-state index in [1.54, 1.807) is 18.0 Å². The molecule has 1 aromatic heterocycles. The Bertz CT molecular complexity index is 713. The predicted octanol–water partition coefficient (Wildman–Crippen LogP) is 2.81. The van der Waals surface area contributed by atoms with Crippen LogP contribution in [-0.4, -0.2) is 46.7 Å². The number of amides is 1. The quantitative estimate of drug-likeness (QED) is 0.863. The Hall–Kier alpha value is -2.44. The summed E-state index contributed by atoms with van der Waals surface area (Å²) in [5, 5.41) is 4.16. The van der Waals surface area contributed by atoms with E-state index in [0.717, 1.165) is 11.3 Å². The van der Waals surface area contributed by atoms with Crippen LogP contribution >= 0.6 is 0 Å². The fourth-order valence-electron chi connectivity index (χ4n) is 2.80. The first-order valence-electron chi connectivity index (χ1n) is 7.79. The van der Waals surface area contributed by atoms with Gasteiger partial charge in [0.25, 0.3) is 11.8 Å². The fourth-order valence-corrected chi connectivity index (χ4v) is 2.80. The van der Waals surface area contributed by atoms with Crippen LogP contribution in [0.4, 0.5) is 8.78 Å². The van der Waals surface area contributed by atoms with Gasteiger partial charge in [-0.05, 0) is 24.1 Å². The zero-order valence-electron chi connectivity index (χ0n) is 13.4. The van der Waals surface area contributed by atoms with E-state index in [1.165, 1.54) is 11.1 Å². The van der Waals surface area contributed by atoms with Gasteiger partial charge in [0.1, 0.15) is 5.75 Å². The number of methoxy groups -OCH3 is 1. The third-order valence-corrected chi connectivity index (χ3v) is 4.06. The third-order valence-electron chi connectivity index (χ3n) is 4.06. The zero-order chi connectivity index (χ0) is 17.2. The smallest absolute Gasteiger partial charge is 0.265 e. The first kappa shape index (κ1) is 16.4. The number of piperidine rings is 1. The van der Waals surface area contributed by atoms with Crippen LogP contribution in [0.5, 0.6) is 5.75 Å². The van der Waals surface area contributed by atoms with Crippen LogP contribution in [0.25, 0.3) is 0 Å². The SMILES string of the molecule is COc1ccc(Cn2cc(C(=O)N3CCCC(F)(F)C3)cn2)cc1. The lowest BCUT2D eigenvalue weighted by Gasteiger charge is -2.32. The third kappa shape index (κ3) is 3.72. The topological polar surface area (TPSA) is 47.4 Å². The van der Waals surface area contributed by atoms with Gasteiger partial charge in [0.05, 0.1) is 32.0 Å². The maximum atomic E-state index is 13.5. The molecule has 3 rings (SSSR count). The van der Waals surface area contributed by atoms with Gasteiger partial charge in [-0.3, -0.25) is 9.48 Å². The number of nitrogens with zero attached hydrogens (tertiary/aromatic N) is 3. The highest BCUT2D eigenvalue weighted by Crippen LogP contribution is 2.27. The van der Waals surface area contributed by atoms with Crippen LogP contribution in [0, 0.1) is 0 Å². The number of rotatable bonds is 4. The summed E-state index contributed by atoms with van der Waals surface area (Å²) < 4.78 is 33.6. The lowest BCUT2D eigenvalue weighted by Crippen LogP contribution is -2.45. The van der Waals surface area contributed by atoms with Gasteiger partial charge >= 0.3 is 0 Å². The molecular formula is C17H19F2N3O2. The average molecular weight is 335 g/mol. The van der Waals surface area contributed by atoms with Crippen LogP contribution in [-0.2, 0) is 6.54 Å². The molecule has 7 heteroatoms. The number of halogens is 2. The standard InChI is InChI=1S/C17H19F2N3O2/c1-24-15-5-3-13(4-6-15)10-22-11-14(9-20-22)16(23)21-8-2-7-17(18,19)12-21/h3-6,9,11H,2,7-8,10,12H2,1H3.